The molecule has 0 aliphatic rings. The van der Waals surface area contributed by atoms with Gasteiger partial charge in [-0.1, -0.05) is 0 Å². The van der Waals surface area contributed by atoms with Gasteiger partial charge in [-0.2, -0.15) is 0 Å². The van der Waals surface area contributed by atoms with Crippen molar-refractivity contribution in [3.05, 3.63) is 32.7 Å². The van der Waals surface area contributed by atoms with E-state index in [4.69, 9.17) is 4.74 Å². The third-order valence-corrected chi connectivity index (χ3v) is 4.71. The summed E-state index contributed by atoms with van der Waals surface area (Å²) in [7, 11) is 1.71. The lowest BCUT2D eigenvalue weighted by Gasteiger charge is -2.09. The molecule has 17 heavy (non-hydrogen) atoms. The highest BCUT2D eigenvalue weighted by Crippen LogP contribution is 2.35. The van der Waals surface area contributed by atoms with Crippen molar-refractivity contribution in [3.8, 4) is 16.3 Å². The fourth-order valence-electron chi connectivity index (χ4n) is 1.90. The van der Waals surface area contributed by atoms with E-state index in [9.17, 15) is 0 Å². The maximum Gasteiger partial charge on any atom is 0.124 e. The van der Waals surface area contributed by atoms with Gasteiger partial charge in [0.15, 0.2) is 0 Å². The topological polar surface area (TPSA) is 22.1 Å². The Morgan fingerprint density at radius 1 is 1.18 bits per heavy atom. The Balaban J connectivity index is 2.54. The maximum absolute atomic E-state index is 5.37. The van der Waals surface area contributed by atoms with Crippen molar-refractivity contribution in [3.63, 3.8) is 0 Å². The zero-order valence-corrected chi connectivity index (χ0v) is 12.7. The van der Waals surface area contributed by atoms with Crippen molar-refractivity contribution in [2.24, 2.45) is 0 Å². The number of halogens is 1. The molecule has 2 rings (SSSR count). The van der Waals surface area contributed by atoms with Crippen molar-refractivity contribution in [2.45, 2.75) is 20.8 Å². The van der Waals surface area contributed by atoms with Gasteiger partial charge < -0.3 is 4.74 Å². The van der Waals surface area contributed by atoms with Crippen LogP contribution in [-0.4, -0.2) is 12.1 Å². The van der Waals surface area contributed by atoms with E-state index in [1.165, 1.54) is 0 Å². The van der Waals surface area contributed by atoms with Gasteiger partial charge >= 0.3 is 0 Å². The van der Waals surface area contributed by atoms with Crippen LogP contribution in [0, 0.1) is 20.8 Å². The Bertz CT molecular complexity index is 520. The second kappa shape index (κ2) is 4.78. The average molecular weight is 312 g/mol. The van der Waals surface area contributed by atoms with Crippen LogP contribution in [0.1, 0.15) is 16.8 Å². The Morgan fingerprint density at radius 2 is 1.76 bits per heavy atom. The van der Waals surface area contributed by atoms with Crippen molar-refractivity contribution in [1.82, 2.24) is 4.98 Å². The molecule has 1 heterocycles. The highest BCUT2D eigenvalue weighted by Gasteiger charge is 2.11. The van der Waals surface area contributed by atoms with E-state index >= 15 is 0 Å². The van der Waals surface area contributed by atoms with Gasteiger partial charge in [-0.3, -0.25) is 0 Å². The summed E-state index contributed by atoms with van der Waals surface area (Å²) in [5, 5.41) is 1.04. The molecule has 0 amide bonds. The van der Waals surface area contributed by atoms with E-state index in [0.29, 0.717) is 0 Å². The molecule has 1 aromatic heterocycles. The fourth-order valence-corrected chi connectivity index (χ4v) is 3.23. The summed E-state index contributed by atoms with van der Waals surface area (Å²) >= 11 is 5.17. The molecular weight excluding hydrogens is 298 g/mol. The SMILES string of the molecule is COc1c(C)cc(-c2nc(C)c(Br)s2)cc1C. The second-order valence-corrected chi connectivity index (χ2v) is 6.34. The van der Waals surface area contributed by atoms with Gasteiger partial charge in [-0.15, -0.1) is 11.3 Å². The van der Waals surface area contributed by atoms with E-state index in [0.717, 1.165) is 36.9 Å². The molecule has 2 aromatic rings. The summed E-state index contributed by atoms with van der Waals surface area (Å²) in [6.07, 6.45) is 0. The van der Waals surface area contributed by atoms with Gasteiger partial charge in [0.25, 0.3) is 0 Å². The zero-order chi connectivity index (χ0) is 12.6. The molecule has 2 nitrogen and oxygen atoms in total. The highest BCUT2D eigenvalue weighted by atomic mass is 79.9. The van der Waals surface area contributed by atoms with Gasteiger partial charge in [0.2, 0.25) is 0 Å². The first-order valence-corrected chi connectivity index (χ1v) is 6.92. The molecule has 0 bridgehead atoms. The largest absolute Gasteiger partial charge is 0.496 e. The lowest BCUT2D eigenvalue weighted by atomic mass is 10.1. The summed E-state index contributed by atoms with van der Waals surface area (Å²) in [5.41, 5.74) is 4.48. The monoisotopic (exact) mass is 311 g/mol. The van der Waals surface area contributed by atoms with Crippen LogP contribution in [0.4, 0.5) is 0 Å². The number of hydrogen-bond donors (Lipinski definition) is 0. The van der Waals surface area contributed by atoms with Crippen molar-refractivity contribution >= 4 is 27.3 Å². The van der Waals surface area contributed by atoms with E-state index < -0.39 is 0 Å². The molecule has 0 aliphatic heterocycles. The van der Waals surface area contributed by atoms with E-state index in [-0.39, 0.29) is 0 Å². The van der Waals surface area contributed by atoms with E-state index in [1.807, 2.05) is 6.92 Å². The third kappa shape index (κ3) is 2.38. The summed E-state index contributed by atoms with van der Waals surface area (Å²) < 4.78 is 6.47. The van der Waals surface area contributed by atoms with Crippen LogP contribution < -0.4 is 4.74 Å². The number of rotatable bonds is 2. The van der Waals surface area contributed by atoms with Crippen LogP contribution in [0.25, 0.3) is 10.6 Å². The van der Waals surface area contributed by atoms with E-state index in [1.54, 1.807) is 18.4 Å². The lowest BCUT2D eigenvalue weighted by Crippen LogP contribution is -1.92. The minimum atomic E-state index is 0.959. The van der Waals surface area contributed by atoms with Crippen LogP contribution >= 0.6 is 27.3 Å². The number of aromatic nitrogens is 1. The Labute approximate surface area is 114 Å². The number of benzene rings is 1. The van der Waals surface area contributed by atoms with E-state index in [2.05, 4.69) is 46.9 Å². The Kier molecular flexibility index (Phi) is 3.54. The molecule has 0 spiro atoms. The average Bonchev–Trinajstić information content (AvgIpc) is 2.59. The molecule has 90 valence electrons. The van der Waals surface area contributed by atoms with Gasteiger partial charge in [-0.25, -0.2) is 4.98 Å². The minimum absolute atomic E-state index is 0.959. The molecule has 4 heteroatoms. The lowest BCUT2D eigenvalue weighted by molar-refractivity contribution is 0.408. The number of hydrogen-bond acceptors (Lipinski definition) is 3. The molecule has 0 saturated heterocycles. The summed E-state index contributed by atoms with van der Waals surface area (Å²) in [5.74, 6) is 0.959. The standard InChI is InChI=1S/C13H14BrNOS/c1-7-5-10(6-8(2)11(7)16-4)13-15-9(3)12(14)17-13/h5-6H,1-4H3. The number of methoxy groups -OCH3 is 1. The number of ether oxygens (including phenoxy) is 1. The molecule has 0 atom stereocenters. The highest BCUT2D eigenvalue weighted by molar-refractivity contribution is 9.11. The van der Waals surface area contributed by atoms with Crippen molar-refractivity contribution < 1.29 is 4.74 Å². The molecule has 0 N–H and O–H groups in total. The molecule has 0 fully saturated rings. The van der Waals surface area contributed by atoms with Gasteiger partial charge in [0.1, 0.15) is 10.8 Å². The molecule has 1 aromatic carbocycles. The predicted molar refractivity (Wildman–Crippen MR) is 76.0 cm³/mol. The quantitative estimate of drug-likeness (QED) is 0.814. The van der Waals surface area contributed by atoms with Gasteiger partial charge in [0, 0.05) is 5.56 Å². The van der Waals surface area contributed by atoms with Crippen LogP contribution in [0.15, 0.2) is 15.9 Å². The van der Waals surface area contributed by atoms with Crippen LogP contribution in [-0.2, 0) is 0 Å². The van der Waals surface area contributed by atoms with Crippen LogP contribution in [0.2, 0.25) is 0 Å². The minimum Gasteiger partial charge on any atom is -0.496 e. The summed E-state index contributed by atoms with van der Waals surface area (Å²) in [6, 6.07) is 4.24. The molecular formula is C13H14BrNOS. The molecule has 0 radical (unpaired) electrons. The van der Waals surface area contributed by atoms with Crippen LogP contribution in [0.5, 0.6) is 5.75 Å². The first-order valence-electron chi connectivity index (χ1n) is 5.31. The number of aryl methyl sites for hydroxylation is 3. The Morgan fingerprint density at radius 3 is 2.18 bits per heavy atom. The van der Waals surface area contributed by atoms with Gasteiger partial charge in [0.05, 0.1) is 16.6 Å². The summed E-state index contributed by atoms with van der Waals surface area (Å²) in [4.78, 5) is 4.55. The van der Waals surface area contributed by atoms with Crippen molar-refractivity contribution in [1.29, 1.82) is 0 Å². The predicted octanol–water partition coefficient (Wildman–Crippen LogP) is 4.51. The summed E-state index contributed by atoms with van der Waals surface area (Å²) in [6.45, 7) is 6.13. The Hall–Kier alpha value is -0.870. The first-order chi connectivity index (χ1) is 8.02. The number of thiazole rings is 1. The molecule has 0 aliphatic carbocycles. The number of nitrogens with zero attached hydrogens (tertiary/aromatic N) is 1. The zero-order valence-electron chi connectivity index (χ0n) is 10.3. The first kappa shape index (κ1) is 12.6. The molecule has 0 unspecified atom stereocenters. The maximum atomic E-state index is 5.37. The fraction of sp³-hybridized carbons (Fsp3) is 0.308. The second-order valence-electron chi connectivity index (χ2n) is 4.02. The normalized spacial score (nSPS) is 10.6. The smallest absolute Gasteiger partial charge is 0.124 e. The molecule has 0 saturated carbocycles. The van der Waals surface area contributed by atoms with Gasteiger partial charge in [-0.05, 0) is 60.0 Å². The third-order valence-electron chi connectivity index (χ3n) is 2.65. The van der Waals surface area contributed by atoms with Crippen LogP contribution in [0.3, 0.4) is 0 Å². The van der Waals surface area contributed by atoms with Crippen molar-refractivity contribution in [2.75, 3.05) is 7.11 Å².